The highest BCUT2D eigenvalue weighted by Crippen LogP contribution is 2.23. The van der Waals surface area contributed by atoms with Gasteiger partial charge in [-0.15, -0.1) is 0 Å². The summed E-state index contributed by atoms with van der Waals surface area (Å²) in [6, 6.07) is 4.38. The van der Waals surface area contributed by atoms with Crippen LogP contribution in [0.3, 0.4) is 0 Å². The number of nitrogens with two attached hydrogens (primary N) is 1. The van der Waals surface area contributed by atoms with Crippen LogP contribution >= 0.6 is 0 Å². The van der Waals surface area contributed by atoms with Gasteiger partial charge in [0.15, 0.2) is 0 Å². The molecule has 0 saturated carbocycles. The predicted molar refractivity (Wildman–Crippen MR) is 61.5 cm³/mol. The molecule has 0 radical (unpaired) electrons. The molecule has 1 aliphatic heterocycles. The van der Waals surface area contributed by atoms with Gasteiger partial charge in [-0.1, -0.05) is 6.07 Å². The van der Waals surface area contributed by atoms with Gasteiger partial charge in [0.25, 0.3) is 0 Å². The van der Waals surface area contributed by atoms with E-state index in [1.54, 1.807) is 6.20 Å². The van der Waals surface area contributed by atoms with Crippen LogP contribution in [0, 0.1) is 0 Å². The van der Waals surface area contributed by atoms with Crippen LogP contribution in [-0.4, -0.2) is 36.1 Å². The van der Waals surface area contributed by atoms with Crippen LogP contribution < -0.4 is 11.1 Å². The van der Waals surface area contributed by atoms with Crippen LogP contribution in [-0.2, 0) is 0 Å². The zero-order valence-corrected chi connectivity index (χ0v) is 9.11. The molecule has 0 unspecified atom stereocenters. The Kier molecular flexibility index (Phi) is 3.18. The average molecular weight is 206 g/mol. The average Bonchev–Trinajstić information content (AvgIpc) is 2.30. The quantitative estimate of drug-likeness (QED) is 0.745. The summed E-state index contributed by atoms with van der Waals surface area (Å²) in [5.41, 5.74) is 7.01. The zero-order valence-electron chi connectivity index (χ0n) is 9.11. The van der Waals surface area contributed by atoms with E-state index < -0.39 is 0 Å². The van der Waals surface area contributed by atoms with Gasteiger partial charge in [0.05, 0.1) is 0 Å². The fraction of sp³-hybridized carbons (Fsp3) is 0.545. The summed E-state index contributed by atoms with van der Waals surface area (Å²) in [7, 11) is 0. The molecule has 3 N–H and O–H groups in total. The van der Waals surface area contributed by atoms with Crippen LogP contribution in [0.1, 0.15) is 18.5 Å². The first-order chi connectivity index (χ1) is 7.29. The van der Waals surface area contributed by atoms with E-state index in [4.69, 9.17) is 5.73 Å². The highest BCUT2D eigenvalue weighted by atomic mass is 15.2. The Morgan fingerprint density at radius 1 is 1.47 bits per heavy atom. The van der Waals surface area contributed by atoms with Crippen LogP contribution in [0.2, 0.25) is 0 Å². The molecular formula is C11H18N4. The van der Waals surface area contributed by atoms with Gasteiger partial charge in [0, 0.05) is 44.0 Å². The fourth-order valence-corrected chi connectivity index (χ4v) is 2.05. The van der Waals surface area contributed by atoms with E-state index in [0.717, 1.165) is 31.7 Å². The minimum Gasteiger partial charge on any atom is -0.383 e. The van der Waals surface area contributed by atoms with Gasteiger partial charge in [-0.3, -0.25) is 4.90 Å². The predicted octanol–water partition coefficient (Wildman–Crippen LogP) is 0.630. The summed E-state index contributed by atoms with van der Waals surface area (Å²) < 4.78 is 0. The van der Waals surface area contributed by atoms with E-state index >= 15 is 0 Å². The van der Waals surface area contributed by atoms with Crippen LogP contribution in [0.5, 0.6) is 0 Å². The molecule has 2 rings (SSSR count). The van der Waals surface area contributed by atoms with Crippen LogP contribution in [0.15, 0.2) is 18.3 Å². The molecule has 1 aromatic rings. The van der Waals surface area contributed by atoms with Crippen LogP contribution in [0.25, 0.3) is 0 Å². The minimum atomic E-state index is 0.362. The Hall–Kier alpha value is -1.13. The number of pyridine rings is 1. The standard InChI is InChI=1S/C11H18N4/c1-9(15-7-5-13-6-8-15)10-3-2-4-14-11(10)12/h2-4,9,13H,5-8H2,1H3,(H2,12,14)/t9-/m1/s1. The first-order valence-corrected chi connectivity index (χ1v) is 5.44. The van der Waals surface area contributed by atoms with E-state index in [1.807, 2.05) is 6.07 Å². The summed E-state index contributed by atoms with van der Waals surface area (Å²) in [4.78, 5) is 6.56. The van der Waals surface area contributed by atoms with Crippen molar-refractivity contribution in [3.05, 3.63) is 23.9 Å². The second-order valence-electron chi connectivity index (χ2n) is 3.94. The number of rotatable bonds is 2. The van der Waals surface area contributed by atoms with E-state index in [0.29, 0.717) is 11.9 Å². The molecule has 1 aromatic heterocycles. The van der Waals surface area contributed by atoms with Gasteiger partial charge in [-0.25, -0.2) is 4.98 Å². The summed E-state index contributed by atoms with van der Waals surface area (Å²) in [5.74, 6) is 0.656. The molecule has 0 aromatic carbocycles. The van der Waals surface area contributed by atoms with E-state index in [2.05, 4.69) is 28.2 Å². The number of piperazine rings is 1. The molecule has 0 spiro atoms. The first kappa shape index (κ1) is 10.4. The summed E-state index contributed by atoms with van der Waals surface area (Å²) in [6.45, 7) is 6.47. The molecule has 4 nitrogen and oxygen atoms in total. The Morgan fingerprint density at radius 3 is 2.87 bits per heavy atom. The van der Waals surface area contributed by atoms with Gasteiger partial charge in [-0.05, 0) is 13.0 Å². The third kappa shape index (κ3) is 2.27. The van der Waals surface area contributed by atoms with E-state index in [9.17, 15) is 0 Å². The molecule has 4 heteroatoms. The zero-order chi connectivity index (χ0) is 10.7. The third-order valence-electron chi connectivity index (χ3n) is 3.02. The number of nitrogens with zero attached hydrogens (tertiary/aromatic N) is 2. The maximum absolute atomic E-state index is 5.87. The number of aromatic nitrogens is 1. The van der Waals surface area contributed by atoms with Crippen molar-refractivity contribution in [2.24, 2.45) is 0 Å². The fourth-order valence-electron chi connectivity index (χ4n) is 2.05. The van der Waals surface area contributed by atoms with Gasteiger partial charge in [0.1, 0.15) is 5.82 Å². The second-order valence-corrected chi connectivity index (χ2v) is 3.94. The lowest BCUT2D eigenvalue weighted by Gasteiger charge is -2.33. The van der Waals surface area contributed by atoms with Crippen LogP contribution in [0.4, 0.5) is 5.82 Å². The normalized spacial score (nSPS) is 20.1. The smallest absolute Gasteiger partial charge is 0.128 e. The number of hydrogen-bond donors (Lipinski definition) is 2. The van der Waals surface area contributed by atoms with Crippen molar-refractivity contribution in [2.45, 2.75) is 13.0 Å². The number of hydrogen-bond acceptors (Lipinski definition) is 4. The number of nitrogen functional groups attached to an aromatic ring is 1. The molecule has 82 valence electrons. The van der Waals surface area contributed by atoms with E-state index in [1.165, 1.54) is 0 Å². The molecule has 2 heterocycles. The minimum absolute atomic E-state index is 0.362. The Balaban J connectivity index is 2.12. The van der Waals surface area contributed by atoms with Crippen molar-refractivity contribution in [1.29, 1.82) is 0 Å². The van der Waals surface area contributed by atoms with Gasteiger partial charge in [0.2, 0.25) is 0 Å². The molecular weight excluding hydrogens is 188 g/mol. The lowest BCUT2D eigenvalue weighted by molar-refractivity contribution is 0.186. The van der Waals surface area contributed by atoms with Crippen molar-refractivity contribution in [3.63, 3.8) is 0 Å². The Morgan fingerprint density at radius 2 is 2.20 bits per heavy atom. The van der Waals surface area contributed by atoms with Crippen molar-refractivity contribution in [3.8, 4) is 0 Å². The summed E-state index contributed by atoms with van der Waals surface area (Å²) in [6.07, 6.45) is 1.74. The molecule has 1 fully saturated rings. The van der Waals surface area contributed by atoms with E-state index in [-0.39, 0.29) is 0 Å². The number of anilines is 1. The van der Waals surface area contributed by atoms with Crippen molar-refractivity contribution < 1.29 is 0 Å². The topological polar surface area (TPSA) is 54.2 Å². The molecule has 0 bridgehead atoms. The molecule has 15 heavy (non-hydrogen) atoms. The highest BCUT2D eigenvalue weighted by molar-refractivity contribution is 5.40. The third-order valence-corrected chi connectivity index (χ3v) is 3.02. The lowest BCUT2D eigenvalue weighted by Crippen LogP contribution is -2.44. The van der Waals surface area contributed by atoms with Crippen molar-refractivity contribution in [1.82, 2.24) is 15.2 Å². The largest absolute Gasteiger partial charge is 0.383 e. The second kappa shape index (κ2) is 4.59. The molecule has 1 saturated heterocycles. The van der Waals surface area contributed by atoms with Crippen molar-refractivity contribution >= 4 is 5.82 Å². The summed E-state index contributed by atoms with van der Waals surface area (Å²) >= 11 is 0. The Labute approximate surface area is 90.5 Å². The molecule has 0 amide bonds. The molecule has 1 aliphatic rings. The highest BCUT2D eigenvalue weighted by Gasteiger charge is 2.19. The summed E-state index contributed by atoms with van der Waals surface area (Å²) in [5, 5.41) is 3.35. The SMILES string of the molecule is C[C@H](c1cccnc1N)N1CCNCC1. The van der Waals surface area contributed by atoms with Gasteiger partial charge in [-0.2, -0.15) is 0 Å². The Bertz CT molecular complexity index is 320. The molecule has 0 aliphatic carbocycles. The van der Waals surface area contributed by atoms with Gasteiger partial charge < -0.3 is 11.1 Å². The lowest BCUT2D eigenvalue weighted by atomic mass is 10.1. The molecule has 1 atom stereocenters. The first-order valence-electron chi connectivity index (χ1n) is 5.44. The maximum atomic E-state index is 5.87. The van der Waals surface area contributed by atoms with Gasteiger partial charge >= 0.3 is 0 Å². The maximum Gasteiger partial charge on any atom is 0.128 e. The monoisotopic (exact) mass is 206 g/mol. The number of nitrogens with one attached hydrogen (secondary N) is 1. The van der Waals surface area contributed by atoms with Crippen molar-refractivity contribution in [2.75, 3.05) is 31.9 Å².